The van der Waals surface area contributed by atoms with Crippen LogP contribution in [0, 0.1) is 11.6 Å². The van der Waals surface area contributed by atoms with E-state index in [-0.39, 0.29) is 0 Å². The van der Waals surface area contributed by atoms with Crippen LogP contribution < -0.4 is 0 Å². The Morgan fingerprint density at radius 2 is 1.89 bits per heavy atom. The van der Waals surface area contributed by atoms with Crippen LogP contribution in [0.5, 0.6) is 0 Å². The normalized spacial score (nSPS) is 13.3. The van der Waals surface area contributed by atoms with Gasteiger partial charge >= 0.3 is 0 Å². The highest BCUT2D eigenvalue weighted by atomic mass is 19.2. The first-order valence-corrected chi connectivity index (χ1v) is 8.77. The molecule has 2 heterocycles. The van der Waals surface area contributed by atoms with Crippen LogP contribution in [-0.4, -0.2) is 22.5 Å². The lowest BCUT2D eigenvalue weighted by molar-refractivity contribution is 0.509. The van der Waals surface area contributed by atoms with Crippen molar-refractivity contribution in [3.05, 3.63) is 53.9 Å². The van der Waals surface area contributed by atoms with Crippen molar-refractivity contribution in [2.45, 2.75) is 26.3 Å². The van der Waals surface area contributed by atoms with Crippen molar-refractivity contribution in [2.75, 3.05) is 0 Å². The molecule has 1 aromatic heterocycles. The molecule has 0 amide bonds. The van der Waals surface area contributed by atoms with E-state index in [2.05, 4.69) is 21.3 Å². The maximum Gasteiger partial charge on any atom is 0.159 e. The number of nitrogens with zero attached hydrogens (tertiary/aromatic N) is 4. The van der Waals surface area contributed by atoms with Crippen LogP contribution in [0.15, 0.2) is 46.4 Å². The number of halogens is 2. The molecule has 0 bridgehead atoms. The number of benzene rings is 2. The Balaban J connectivity index is 1.94. The Morgan fingerprint density at radius 3 is 2.63 bits per heavy atom. The molecule has 1 aliphatic rings. The van der Waals surface area contributed by atoms with Gasteiger partial charge < -0.3 is 4.57 Å². The van der Waals surface area contributed by atoms with E-state index in [1.807, 2.05) is 25.1 Å². The summed E-state index contributed by atoms with van der Waals surface area (Å²) in [6, 6.07) is 9.61. The minimum Gasteiger partial charge on any atom is -0.327 e. The van der Waals surface area contributed by atoms with Crippen LogP contribution in [0.3, 0.4) is 0 Å². The standard InChI is InChI=1S/C21H18F2N4/c1-3-25-18-12-14(7-9-17(18)24-2)21-20(26-19-5-4-10-27(19)21)13-6-8-15(22)16(23)11-13/h3,6-9,11-12H,2,4-5,10H2,1H3/b25-3-. The summed E-state index contributed by atoms with van der Waals surface area (Å²) in [5.74, 6) is -0.793. The van der Waals surface area contributed by atoms with Crippen LogP contribution in [0.4, 0.5) is 20.2 Å². The second-order valence-electron chi connectivity index (χ2n) is 6.36. The summed E-state index contributed by atoms with van der Waals surface area (Å²) in [7, 11) is 0. The molecule has 0 saturated heterocycles. The lowest BCUT2D eigenvalue weighted by atomic mass is 10.0. The van der Waals surface area contributed by atoms with Crippen LogP contribution >= 0.6 is 0 Å². The largest absolute Gasteiger partial charge is 0.327 e. The SMILES string of the molecule is C=Nc1ccc(-c2c(-c3ccc(F)c(F)c3)nc3n2CCC3)cc1/N=C\C. The molecule has 2 aromatic carbocycles. The number of aliphatic imine (C=N–C) groups is 2. The van der Waals surface area contributed by atoms with Crippen LogP contribution in [0.2, 0.25) is 0 Å². The Labute approximate surface area is 155 Å². The van der Waals surface area contributed by atoms with Gasteiger partial charge in [-0.25, -0.2) is 13.8 Å². The molecule has 136 valence electrons. The predicted octanol–water partition coefficient (Wildman–Crippen LogP) is 5.50. The van der Waals surface area contributed by atoms with Crippen molar-refractivity contribution < 1.29 is 8.78 Å². The fourth-order valence-electron chi connectivity index (χ4n) is 3.51. The van der Waals surface area contributed by atoms with Gasteiger partial charge in [-0.15, -0.1) is 0 Å². The lowest BCUT2D eigenvalue weighted by Crippen LogP contribution is -1.96. The number of rotatable bonds is 4. The summed E-state index contributed by atoms with van der Waals surface area (Å²) in [6.45, 7) is 6.27. The molecule has 27 heavy (non-hydrogen) atoms. The highest BCUT2D eigenvalue weighted by Crippen LogP contribution is 2.39. The molecular weight excluding hydrogens is 346 g/mol. The van der Waals surface area contributed by atoms with Gasteiger partial charge in [-0.3, -0.25) is 9.98 Å². The number of imidazole rings is 1. The fraction of sp³-hybridized carbons (Fsp3) is 0.190. The molecule has 0 N–H and O–H groups in total. The number of fused-ring (bicyclic) bond motifs is 1. The topological polar surface area (TPSA) is 42.5 Å². The van der Waals surface area contributed by atoms with Gasteiger partial charge in [-0.05, 0) is 50.4 Å². The van der Waals surface area contributed by atoms with E-state index in [1.165, 1.54) is 6.07 Å². The van der Waals surface area contributed by atoms with Gasteiger partial charge in [-0.1, -0.05) is 6.07 Å². The Morgan fingerprint density at radius 1 is 1.07 bits per heavy atom. The van der Waals surface area contributed by atoms with Crippen molar-refractivity contribution in [3.8, 4) is 22.5 Å². The van der Waals surface area contributed by atoms with Gasteiger partial charge in [0.2, 0.25) is 0 Å². The molecule has 4 nitrogen and oxygen atoms in total. The van der Waals surface area contributed by atoms with Crippen molar-refractivity contribution >= 4 is 24.3 Å². The number of hydrogen-bond donors (Lipinski definition) is 0. The van der Waals surface area contributed by atoms with Crippen molar-refractivity contribution in [1.29, 1.82) is 0 Å². The second-order valence-corrected chi connectivity index (χ2v) is 6.36. The zero-order valence-corrected chi connectivity index (χ0v) is 14.9. The molecule has 0 saturated carbocycles. The first-order chi connectivity index (χ1) is 13.1. The summed E-state index contributed by atoms with van der Waals surface area (Å²) in [5, 5.41) is 0. The smallest absolute Gasteiger partial charge is 0.159 e. The van der Waals surface area contributed by atoms with E-state index < -0.39 is 11.6 Å². The van der Waals surface area contributed by atoms with E-state index in [9.17, 15) is 8.78 Å². The Kier molecular flexibility index (Phi) is 4.39. The summed E-state index contributed by atoms with van der Waals surface area (Å²) in [5.41, 5.74) is 4.38. The fourth-order valence-corrected chi connectivity index (χ4v) is 3.51. The van der Waals surface area contributed by atoms with Crippen LogP contribution in [0.25, 0.3) is 22.5 Å². The van der Waals surface area contributed by atoms with E-state index in [0.717, 1.165) is 42.5 Å². The Bertz CT molecular complexity index is 1070. The molecule has 0 atom stereocenters. The molecule has 4 rings (SSSR count). The quantitative estimate of drug-likeness (QED) is 0.564. The zero-order chi connectivity index (χ0) is 19.0. The zero-order valence-electron chi connectivity index (χ0n) is 14.9. The van der Waals surface area contributed by atoms with Gasteiger partial charge in [0.15, 0.2) is 11.6 Å². The number of aryl methyl sites for hydroxylation is 1. The lowest BCUT2D eigenvalue weighted by Gasteiger charge is -2.11. The van der Waals surface area contributed by atoms with Crippen molar-refractivity contribution in [1.82, 2.24) is 9.55 Å². The molecule has 0 radical (unpaired) electrons. The summed E-state index contributed by atoms with van der Waals surface area (Å²) < 4.78 is 29.4. The highest BCUT2D eigenvalue weighted by Gasteiger charge is 2.24. The first-order valence-electron chi connectivity index (χ1n) is 8.77. The van der Waals surface area contributed by atoms with Gasteiger partial charge in [0.05, 0.1) is 22.8 Å². The van der Waals surface area contributed by atoms with Gasteiger partial charge in [0, 0.05) is 30.3 Å². The monoisotopic (exact) mass is 364 g/mol. The highest BCUT2D eigenvalue weighted by molar-refractivity contribution is 5.83. The number of aromatic nitrogens is 2. The average Bonchev–Trinajstić information content (AvgIpc) is 3.25. The minimum absolute atomic E-state index is 0.553. The van der Waals surface area contributed by atoms with Crippen LogP contribution in [0.1, 0.15) is 19.2 Å². The molecule has 0 fully saturated rings. The first kappa shape index (κ1) is 17.3. The van der Waals surface area contributed by atoms with E-state index >= 15 is 0 Å². The molecule has 6 heteroatoms. The summed E-state index contributed by atoms with van der Waals surface area (Å²) in [6.07, 6.45) is 3.58. The van der Waals surface area contributed by atoms with Crippen molar-refractivity contribution in [3.63, 3.8) is 0 Å². The van der Waals surface area contributed by atoms with Crippen molar-refractivity contribution in [2.24, 2.45) is 9.98 Å². The van der Waals surface area contributed by atoms with Crippen LogP contribution in [-0.2, 0) is 13.0 Å². The molecule has 3 aromatic rings. The second kappa shape index (κ2) is 6.87. The molecule has 1 aliphatic heterocycles. The minimum atomic E-state index is -0.880. The van der Waals surface area contributed by atoms with Gasteiger partial charge in [0.25, 0.3) is 0 Å². The third-order valence-corrected chi connectivity index (χ3v) is 4.71. The summed E-state index contributed by atoms with van der Waals surface area (Å²) in [4.78, 5) is 13.1. The maximum atomic E-state index is 13.8. The summed E-state index contributed by atoms with van der Waals surface area (Å²) >= 11 is 0. The predicted molar refractivity (Wildman–Crippen MR) is 104 cm³/mol. The third kappa shape index (κ3) is 2.97. The molecular formula is C21H18F2N4. The molecule has 0 spiro atoms. The van der Waals surface area contributed by atoms with Gasteiger partial charge in [-0.2, -0.15) is 0 Å². The van der Waals surface area contributed by atoms with E-state index in [1.54, 1.807) is 12.3 Å². The third-order valence-electron chi connectivity index (χ3n) is 4.71. The maximum absolute atomic E-state index is 13.8. The van der Waals surface area contributed by atoms with Gasteiger partial charge in [0.1, 0.15) is 5.82 Å². The molecule has 0 aliphatic carbocycles. The van der Waals surface area contributed by atoms with E-state index in [4.69, 9.17) is 4.98 Å². The molecule has 0 unspecified atom stereocenters. The van der Waals surface area contributed by atoms with E-state index in [0.29, 0.717) is 22.6 Å². The average molecular weight is 364 g/mol. The number of hydrogen-bond acceptors (Lipinski definition) is 3. The Hall–Kier alpha value is -3.15.